The smallest absolute Gasteiger partial charge is 0.142 e. The predicted octanol–water partition coefficient (Wildman–Crippen LogP) is 5.88. The van der Waals surface area contributed by atoms with Gasteiger partial charge in [0.1, 0.15) is 11.6 Å². The summed E-state index contributed by atoms with van der Waals surface area (Å²) in [6.45, 7) is 2.00. The van der Waals surface area contributed by atoms with Gasteiger partial charge in [0.2, 0.25) is 0 Å². The lowest BCUT2D eigenvalue weighted by molar-refractivity contribution is 0.904. The molecular weight excluding hydrogens is 380 g/mol. The van der Waals surface area contributed by atoms with E-state index >= 15 is 0 Å². The molecule has 0 fully saturated rings. The molecule has 148 valence electrons. The molecule has 2 aromatic heterocycles. The molecule has 1 aliphatic heterocycles. The van der Waals surface area contributed by atoms with E-state index < -0.39 is 0 Å². The van der Waals surface area contributed by atoms with Crippen LogP contribution in [0.1, 0.15) is 17.2 Å². The zero-order valence-electron chi connectivity index (χ0n) is 17.2. The Morgan fingerprint density at radius 3 is 2.16 bits per heavy atom. The van der Waals surface area contributed by atoms with Crippen molar-refractivity contribution in [1.82, 2.24) is 19.7 Å². The molecule has 0 spiro atoms. The number of benzene rings is 3. The van der Waals surface area contributed by atoms with E-state index in [2.05, 4.69) is 99.7 Å². The van der Waals surface area contributed by atoms with Gasteiger partial charge >= 0.3 is 0 Å². The maximum Gasteiger partial charge on any atom is 0.142 e. The largest absolute Gasteiger partial charge is 0.282 e. The first-order valence-electron chi connectivity index (χ1n) is 10.4. The fourth-order valence-electron chi connectivity index (χ4n) is 4.47. The third kappa shape index (κ3) is 2.88. The third-order valence-electron chi connectivity index (χ3n) is 5.91. The standard InChI is InChI=1S/C27H20N4/c1-18-29-30-26-17-23-22(19-10-4-2-5-11-19)16-24(20-12-6-3-7-13-20)28-27(23)21-14-8-9-15-25(21)31(18)26/h2-16H,17H2,1H3. The number of aromatic nitrogens is 4. The Hall–Kier alpha value is -4.05. The van der Waals surface area contributed by atoms with Crippen LogP contribution >= 0.6 is 0 Å². The summed E-state index contributed by atoms with van der Waals surface area (Å²) in [6.07, 6.45) is 0.678. The topological polar surface area (TPSA) is 43.6 Å². The van der Waals surface area contributed by atoms with Crippen LogP contribution in [0.4, 0.5) is 0 Å². The summed E-state index contributed by atoms with van der Waals surface area (Å²) in [4.78, 5) is 5.20. The number of nitrogens with zero attached hydrogens (tertiary/aromatic N) is 4. The van der Waals surface area contributed by atoms with Crippen molar-refractivity contribution in [2.75, 3.05) is 0 Å². The zero-order valence-corrected chi connectivity index (χ0v) is 17.2. The molecule has 5 aromatic rings. The molecule has 3 aromatic carbocycles. The number of rotatable bonds is 2. The molecule has 0 saturated carbocycles. The summed E-state index contributed by atoms with van der Waals surface area (Å²) in [7, 11) is 0. The van der Waals surface area contributed by atoms with Crippen LogP contribution in [0.15, 0.2) is 91.0 Å². The van der Waals surface area contributed by atoms with Crippen LogP contribution in [0.5, 0.6) is 0 Å². The molecule has 0 amide bonds. The Bertz CT molecular complexity index is 1400. The van der Waals surface area contributed by atoms with E-state index in [9.17, 15) is 0 Å². The molecule has 0 saturated heterocycles. The minimum Gasteiger partial charge on any atom is -0.282 e. The Morgan fingerprint density at radius 2 is 1.39 bits per heavy atom. The molecule has 0 bridgehead atoms. The molecule has 0 atom stereocenters. The summed E-state index contributed by atoms with van der Waals surface area (Å²) in [5.74, 6) is 1.83. The predicted molar refractivity (Wildman–Crippen MR) is 123 cm³/mol. The monoisotopic (exact) mass is 400 g/mol. The summed E-state index contributed by atoms with van der Waals surface area (Å²) in [6, 6.07) is 31.6. The molecule has 4 heteroatoms. The van der Waals surface area contributed by atoms with E-state index in [-0.39, 0.29) is 0 Å². The maximum atomic E-state index is 5.20. The van der Waals surface area contributed by atoms with Crippen LogP contribution in [0.25, 0.3) is 39.3 Å². The van der Waals surface area contributed by atoms with Crippen molar-refractivity contribution >= 4 is 0 Å². The van der Waals surface area contributed by atoms with Gasteiger partial charge in [-0.1, -0.05) is 78.9 Å². The van der Waals surface area contributed by atoms with Crippen molar-refractivity contribution in [3.8, 4) is 39.3 Å². The average Bonchev–Trinajstić information content (AvgIpc) is 3.12. The van der Waals surface area contributed by atoms with E-state index in [0.717, 1.165) is 39.9 Å². The molecule has 0 unspecified atom stereocenters. The fraction of sp³-hybridized carbons (Fsp3) is 0.0741. The highest BCUT2D eigenvalue weighted by Gasteiger charge is 2.26. The Balaban J connectivity index is 1.72. The first-order valence-corrected chi connectivity index (χ1v) is 10.4. The lowest BCUT2D eigenvalue weighted by atomic mass is 9.92. The van der Waals surface area contributed by atoms with Crippen LogP contribution in [-0.4, -0.2) is 19.7 Å². The van der Waals surface area contributed by atoms with Crippen molar-refractivity contribution in [3.05, 3.63) is 108 Å². The minimum absolute atomic E-state index is 0.678. The summed E-state index contributed by atoms with van der Waals surface area (Å²) < 4.78 is 2.16. The number of hydrogen-bond donors (Lipinski definition) is 0. The van der Waals surface area contributed by atoms with Crippen molar-refractivity contribution in [3.63, 3.8) is 0 Å². The average molecular weight is 400 g/mol. The summed E-state index contributed by atoms with van der Waals surface area (Å²) in [5.41, 5.74) is 8.84. The fourth-order valence-corrected chi connectivity index (χ4v) is 4.47. The summed E-state index contributed by atoms with van der Waals surface area (Å²) >= 11 is 0. The Morgan fingerprint density at radius 1 is 0.710 bits per heavy atom. The Kier molecular flexibility index (Phi) is 4.03. The van der Waals surface area contributed by atoms with E-state index in [1.807, 2.05) is 13.0 Å². The van der Waals surface area contributed by atoms with Crippen molar-refractivity contribution in [2.24, 2.45) is 0 Å². The Labute approximate surface area is 180 Å². The summed E-state index contributed by atoms with van der Waals surface area (Å²) in [5, 5.41) is 8.89. The van der Waals surface area contributed by atoms with Crippen molar-refractivity contribution < 1.29 is 0 Å². The number of fused-ring (bicyclic) bond motifs is 5. The second-order valence-corrected chi connectivity index (χ2v) is 7.81. The molecule has 1 aliphatic rings. The number of hydrogen-bond acceptors (Lipinski definition) is 3. The highest BCUT2D eigenvalue weighted by molar-refractivity contribution is 5.84. The van der Waals surface area contributed by atoms with E-state index in [1.54, 1.807) is 0 Å². The molecule has 31 heavy (non-hydrogen) atoms. The molecule has 0 aliphatic carbocycles. The van der Waals surface area contributed by atoms with Gasteiger partial charge in [-0.2, -0.15) is 0 Å². The van der Waals surface area contributed by atoms with Gasteiger partial charge in [0.25, 0.3) is 0 Å². The van der Waals surface area contributed by atoms with Crippen LogP contribution in [0, 0.1) is 6.92 Å². The minimum atomic E-state index is 0.678. The third-order valence-corrected chi connectivity index (χ3v) is 5.91. The molecule has 3 heterocycles. The molecule has 6 rings (SSSR count). The van der Waals surface area contributed by atoms with Gasteiger partial charge in [0.15, 0.2) is 0 Å². The lowest BCUT2D eigenvalue weighted by Crippen LogP contribution is -2.02. The first-order chi connectivity index (χ1) is 15.3. The van der Waals surface area contributed by atoms with E-state index in [4.69, 9.17) is 4.98 Å². The quantitative estimate of drug-likeness (QED) is 0.365. The van der Waals surface area contributed by atoms with Crippen LogP contribution in [0.3, 0.4) is 0 Å². The van der Waals surface area contributed by atoms with Gasteiger partial charge < -0.3 is 0 Å². The maximum absolute atomic E-state index is 5.20. The van der Waals surface area contributed by atoms with Gasteiger partial charge in [-0.15, -0.1) is 10.2 Å². The highest BCUT2D eigenvalue weighted by Crippen LogP contribution is 2.40. The molecular formula is C27H20N4. The SMILES string of the molecule is Cc1nnc2n1-c1ccccc1-c1nc(-c3ccccc3)cc(-c3ccccc3)c1C2. The second-order valence-electron chi connectivity index (χ2n) is 7.81. The van der Waals surface area contributed by atoms with E-state index in [0.29, 0.717) is 6.42 Å². The normalized spacial score (nSPS) is 11.9. The van der Waals surface area contributed by atoms with Gasteiger partial charge in [-0.05, 0) is 35.7 Å². The lowest BCUT2D eigenvalue weighted by Gasteiger charge is -2.16. The zero-order chi connectivity index (χ0) is 20.8. The van der Waals surface area contributed by atoms with Gasteiger partial charge in [-0.3, -0.25) is 4.57 Å². The van der Waals surface area contributed by atoms with Crippen molar-refractivity contribution in [1.29, 1.82) is 0 Å². The van der Waals surface area contributed by atoms with Crippen LogP contribution in [0.2, 0.25) is 0 Å². The molecule has 4 nitrogen and oxygen atoms in total. The highest BCUT2D eigenvalue weighted by atomic mass is 15.3. The number of para-hydroxylation sites is 1. The van der Waals surface area contributed by atoms with Crippen LogP contribution < -0.4 is 0 Å². The molecule has 0 N–H and O–H groups in total. The van der Waals surface area contributed by atoms with E-state index in [1.165, 1.54) is 16.7 Å². The number of aryl methyl sites for hydroxylation is 1. The van der Waals surface area contributed by atoms with Gasteiger partial charge in [0.05, 0.1) is 17.1 Å². The van der Waals surface area contributed by atoms with Crippen molar-refractivity contribution in [2.45, 2.75) is 13.3 Å². The number of pyridine rings is 1. The van der Waals surface area contributed by atoms with Gasteiger partial charge in [-0.25, -0.2) is 4.98 Å². The van der Waals surface area contributed by atoms with Gasteiger partial charge in [0, 0.05) is 17.5 Å². The second kappa shape index (κ2) is 7.03. The van der Waals surface area contributed by atoms with Crippen LogP contribution in [-0.2, 0) is 6.42 Å². The first kappa shape index (κ1) is 17.8. The molecule has 0 radical (unpaired) electrons.